The molecule has 0 radical (unpaired) electrons. The second kappa shape index (κ2) is 3.89. The highest BCUT2D eigenvalue weighted by Crippen LogP contribution is 2.39. The number of rotatable bonds is 3. The fraction of sp³-hybridized carbons (Fsp3) is 0.833. The number of hydrogen-bond acceptors (Lipinski definition) is 2. The Morgan fingerprint density at radius 1 is 1.24 bits per heavy atom. The van der Waals surface area contributed by atoms with Crippen LogP contribution >= 0.6 is 0 Å². The number of aliphatic carboxylic acids is 1. The minimum atomic E-state index is -0.908. The highest BCUT2D eigenvalue weighted by molar-refractivity contribution is 5.81. The molecule has 3 aliphatic rings. The molecule has 1 aliphatic heterocycles. The van der Waals surface area contributed by atoms with Crippen LogP contribution in [-0.4, -0.2) is 52.1 Å². The molecule has 1 N–H and O–H groups in total. The summed E-state index contributed by atoms with van der Waals surface area (Å²) in [6.45, 7) is 0.698. The number of amides is 2. The monoisotopic (exact) mass is 238 g/mol. The van der Waals surface area contributed by atoms with Gasteiger partial charge in [0.2, 0.25) is 0 Å². The molecule has 0 aromatic carbocycles. The van der Waals surface area contributed by atoms with Gasteiger partial charge in [0.1, 0.15) is 6.54 Å². The predicted octanol–water partition coefficient (Wildman–Crippen LogP) is 1.14. The molecule has 94 valence electrons. The molecular weight excluding hydrogens is 220 g/mol. The molecule has 2 aliphatic carbocycles. The first-order valence-corrected chi connectivity index (χ1v) is 6.44. The van der Waals surface area contributed by atoms with Crippen LogP contribution in [0.3, 0.4) is 0 Å². The van der Waals surface area contributed by atoms with Gasteiger partial charge in [-0.1, -0.05) is 0 Å². The SMILES string of the molecule is O=C(O)CN(C(=O)N1CC2CCC1C2)C1CC1. The van der Waals surface area contributed by atoms with Crippen LogP contribution in [-0.2, 0) is 4.79 Å². The van der Waals surface area contributed by atoms with Gasteiger partial charge < -0.3 is 14.9 Å². The number of carbonyl (C=O) groups excluding carboxylic acids is 1. The van der Waals surface area contributed by atoms with E-state index in [4.69, 9.17) is 5.11 Å². The number of urea groups is 1. The lowest BCUT2D eigenvalue weighted by Gasteiger charge is -2.32. The van der Waals surface area contributed by atoms with Crippen LogP contribution < -0.4 is 0 Å². The predicted molar refractivity (Wildman–Crippen MR) is 60.6 cm³/mol. The van der Waals surface area contributed by atoms with Crippen LogP contribution in [0.2, 0.25) is 0 Å². The summed E-state index contributed by atoms with van der Waals surface area (Å²) in [4.78, 5) is 26.6. The lowest BCUT2D eigenvalue weighted by molar-refractivity contribution is -0.137. The second-order valence-corrected chi connectivity index (χ2v) is 5.52. The zero-order chi connectivity index (χ0) is 12.0. The Bertz CT molecular complexity index is 354. The van der Waals surface area contributed by atoms with E-state index in [0.29, 0.717) is 12.0 Å². The molecule has 3 fully saturated rings. The first-order valence-electron chi connectivity index (χ1n) is 6.44. The lowest BCUT2D eigenvalue weighted by atomic mass is 10.1. The van der Waals surface area contributed by atoms with Crippen molar-refractivity contribution in [3.63, 3.8) is 0 Å². The van der Waals surface area contributed by atoms with E-state index < -0.39 is 5.97 Å². The molecular formula is C12H18N2O3. The van der Waals surface area contributed by atoms with Gasteiger partial charge in [-0.3, -0.25) is 4.79 Å². The normalized spacial score (nSPS) is 30.7. The Labute approximate surface area is 100 Å². The summed E-state index contributed by atoms with van der Waals surface area (Å²) in [5.41, 5.74) is 0. The highest BCUT2D eigenvalue weighted by Gasteiger charge is 2.44. The summed E-state index contributed by atoms with van der Waals surface area (Å²) in [5.74, 6) is -0.246. The molecule has 2 atom stereocenters. The molecule has 2 amide bonds. The maximum atomic E-state index is 12.3. The third-order valence-electron chi connectivity index (χ3n) is 4.19. The summed E-state index contributed by atoms with van der Waals surface area (Å²) >= 11 is 0. The molecule has 2 bridgehead atoms. The quantitative estimate of drug-likeness (QED) is 0.802. The summed E-state index contributed by atoms with van der Waals surface area (Å²) in [7, 11) is 0. The van der Waals surface area contributed by atoms with Crippen LogP contribution in [0.15, 0.2) is 0 Å². The van der Waals surface area contributed by atoms with Crippen molar-refractivity contribution in [2.45, 2.75) is 44.2 Å². The second-order valence-electron chi connectivity index (χ2n) is 5.52. The van der Waals surface area contributed by atoms with Crippen molar-refractivity contribution in [1.82, 2.24) is 9.80 Å². The van der Waals surface area contributed by atoms with Crippen molar-refractivity contribution in [3.05, 3.63) is 0 Å². The number of nitrogens with zero attached hydrogens (tertiary/aromatic N) is 2. The van der Waals surface area contributed by atoms with E-state index >= 15 is 0 Å². The number of likely N-dealkylation sites (tertiary alicyclic amines) is 1. The zero-order valence-corrected chi connectivity index (χ0v) is 9.84. The molecule has 0 aromatic heterocycles. The van der Waals surface area contributed by atoms with E-state index in [0.717, 1.165) is 32.2 Å². The van der Waals surface area contributed by atoms with Gasteiger partial charge in [-0.2, -0.15) is 0 Å². The number of hydrogen-bond donors (Lipinski definition) is 1. The van der Waals surface area contributed by atoms with E-state index in [2.05, 4.69) is 0 Å². The van der Waals surface area contributed by atoms with Crippen molar-refractivity contribution in [1.29, 1.82) is 0 Å². The van der Waals surface area contributed by atoms with Gasteiger partial charge in [-0.05, 0) is 38.0 Å². The summed E-state index contributed by atoms with van der Waals surface area (Å²) < 4.78 is 0. The molecule has 5 heteroatoms. The zero-order valence-electron chi connectivity index (χ0n) is 9.84. The Morgan fingerprint density at radius 2 is 2.00 bits per heavy atom. The van der Waals surface area contributed by atoms with Crippen LogP contribution in [0.4, 0.5) is 4.79 Å². The molecule has 1 heterocycles. The fourth-order valence-electron chi connectivity index (χ4n) is 3.21. The molecule has 17 heavy (non-hydrogen) atoms. The molecule has 1 saturated heterocycles. The van der Waals surface area contributed by atoms with Gasteiger partial charge in [0.05, 0.1) is 0 Å². The van der Waals surface area contributed by atoms with Crippen LogP contribution in [0.25, 0.3) is 0 Å². The Hall–Kier alpha value is -1.26. The summed E-state index contributed by atoms with van der Waals surface area (Å²) in [6, 6.07) is 0.516. The van der Waals surface area contributed by atoms with Crippen LogP contribution in [0.5, 0.6) is 0 Å². The number of carbonyl (C=O) groups is 2. The first-order chi connectivity index (χ1) is 8.15. The number of carboxylic acid groups (broad SMARTS) is 1. The van der Waals surface area contributed by atoms with Gasteiger partial charge >= 0.3 is 12.0 Å². The van der Waals surface area contributed by atoms with Gasteiger partial charge in [0.25, 0.3) is 0 Å². The first kappa shape index (κ1) is 10.9. The van der Waals surface area contributed by atoms with E-state index in [1.807, 2.05) is 4.90 Å². The van der Waals surface area contributed by atoms with Gasteiger partial charge in [-0.25, -0.2) is 4.79 Å². The minimum absolute atomic E-state index is 0.0397. The number of piperidine rings is 1. The smallest absolute Gasteiger partial charge is 0.323 e. The maximum Gasteiger partial charge on any atom is 0.323 e. The number of fused-ring (bicyclic) bond motifs is 2. The van der Waals surface area contributed by atoms with E-state index in [9.17, 15) is 9.59 Å². The van der Waals surface area contributed by atoms with Gasteiger partial charge in [0, 0.05) is 18.6 Å². The maximum absolute atomic E-state index is 12.3. The fourth-order valence-corrected chi connectivity index (χ4v) is 3.21. The summed E-state index contributed by atoms with van der Waals surface area (Å²) in [5, 5.41) is 8.87. The van der Waals surface area contributed by atoms with Crippen molar-refractivity contribution in [2.75, 3.05) is 13.1 Å². The van der Waals surface area contributed by atoms with E-state index in [1.165, 1.54) is 6.42 Å². The Morgan fingerprint density at radius 3 is 2.47 bits per heavy atom. The van der Waals surface area contributed by atoms with Crippen molar-refractivity contribution < 1.29 is 14.7 Å². The average Bonchev–Trinajstić information content (AvgIpc) is 2.92. The summed E-state index contributed by atoms with van der Waals surface area (Å²) in [6.07, 6.45) is 5.37. The molecule has 2 saturated carbocycles. The van der Waals surface area contributed by atoms with Crippen LogP contribution in [0, 0.1) is 5.92 Å². The standard InChI is InChI=1S/C12H18N2O3/c15-11(16)7-14(9-3-4-9)12(17)13-6-8-1-2-10(13)5-8/h8-10H,1-7H2,(H,15,16). The molecule has 3 rings (SSSR count). The van der Waals surface area contributed by atoms with Crippen molar-refractivity contribution >= 4 is 12.0 Å². The molecule has 2 unspecified atom stereocenters. The highest BCUT2D eigenvalue weighted by atomic mass is 16.4. The van der Waals surface area contributed by atoms with E-state index in [1.54, 1.807) is 4.90 Å². The van der Waals surface area contributed by atoms with E-state index in [-0.39, 0.29) is 18.6 Å². The topological polar surface area (TPSA) is 60.9 Å². The third-order valence-corrected chi connectivity index (χ3v) is 4.19. The Kier molecular flexibility index (Phi) is 2.49. The van der Waals surface area contributed by atoms with Gasteiger partial charge in [0.15, 0.2) is 0 Å². The van der Waals surface area contributed by atoms with Crippen molar-refractivity contribution in [3.8, 4) is 0 Å². The largest absolute Gasteiger partial charge is 0.480 e. The average molecular weight is 238 g/mol. The van der Waals surface area contributed by atoms with Gasteiger partial charge in [-0.15, -0.1) is 0 Å². The third kappa shape index (κ3) is 1.98. The lowest BCUT2D eigenvalue weighted by Crippen LogP contribution is -2.49. The molecule has 0 aromatic rings. The van der Waals surface area contributed by atoms with Crippen LogP contribution in [0.1, 0.15) is 32.1 Å². The molecule has 0 spiro atoms. The number of carboxylic acids is 1. The van der Waals surface area contributed by atoms with Crippen molar-refractivity contribution in [2.24, 2.45) is 5.92 Å². The minimum Gasteiger partial charge on any atom is -0.480 e. The Balaban J connectivity index is 1.68. The molecule has 5 nitrogen and oxygen atoms in total.